The van der Waals surface area contributed by atoms with E-state index < -0.39 is 5.91 Å². The first-order chi connectivity index (χ1) is 15.0. The van der Waals surface area contributed by atoms with Gasteiger partial charge in [0.15, 0.2) is 5.96 Å². The number of benzene rings is 2. The van der Waals surface area contributed by atoms with Crippen molar-refractivity contribution in [2.75, 3.05) is 26.2 Å². The number of rotatable bonds is 9. The monoisotopic (exact) mass is 421 g/mol. The molecule has 2 aromatic rings. The van der Waals surface area contributed by atoms with E-state index in [2.05, 4.69) is 27.8 Å². The first-order valence-corrected chi connectivity index (χ1v) is 10.8. The van der Waals surface area contributed by atoms with Crippen LogP contribution in [0.4, 0.5) is 0 Å². The van der Waals surface area contributed by atoms with E-state index in [-0.39, 0.29) is 11.8 Å². The van der Waals surface area contributed by atoms with Gasteiger partial charge >= 0.3 is 0 Å². The van der Waals surface area contributed by atoms with Gasteiger partial charge in [-0.25, -0.2) is 4.99 Å². The van der Waals surface area contributed by atoms with Crippen LogP contribution < -0.4 is 16.4 Å². The van der Waals surface area contributed by atoms with Crippen molar-refractivity contribution in [2.45, 2.75) is 26.3 Å². The van der Waals surface area contributed by atoms with Crippen LogP contribution in [0, 0.1) is 5.92 Å². The van der Waals surface area contributed by atoms with Crippen LogP contribution in [-0.4, -0.2) is 48.9 Å². The van der Waals surface area contributed by atoms with Crippen LogP contribution in [-0.2, 0) is 17.8 Å². The molecule has 2 aromatic carbocycles. The van der Waals surface area contributed by atoms with E-state index in [0.717, 1.165) is 31.6 Å². The molecule has 0 radical (unpaired) electrons. The van der Waals surface area contributed by atoms with Crippen molar-refractivity contribution in [3.8, 4) is 0 Å². The molecule has 7 heteroatoms. The summed E-state index contributed by atoms with van der Waals surface area (Å²) < 4.78 is 0. The van der Waals surface area contributed by atoms with E-state index in [1.54, 1.807) is 18.2 Å². The smallest absolute Gasteiger partial charge is 0.248 e. The van der Waals surface area contributed by atoms with Crippen LogP contribution in [0.1, 0.15) is 34.8 Å². The van der Waals surface area contributed by atoms with Gasteiger partial charge in [0.05, 0.1) is 6.54 Å². The molecule has 0 aromatic heterocycles. The Kier molecular flexibility index (Phi) is 8.04. The lowest BCUT2D eigenvalue weighted by Crippen LogP contribution is -2.40. The van der Waals surface area contributed by atoms with Crippen LogP contribution in [0.15, 0.2) is 59.6 Å². The number of hydrogen-bond donors (Lipinski definition) is 3. The maximum Gasteiger partial charge on any atom is 0.248 e. The molecule has 0 spiro atoms. The Hall–Kier alpha value is -3.35. The predicted molar refractivity (Wildman–Crippen MR) is 123 cm³/mol. The van der Waals surface area contributed by atoms with Gasteiger partial charge in [0.25, 0.3) is 0 Å². The van der Waals surface area contributed by atoms with Gasteiger partial charge in [-0.15, -0.1) is 0 Å². The third kappa shape index (κ3) is 6.84. The number of nitrogens with two attached hydrogens (primary N) is 1. The Labute approximate surface area is 183 Å². The normalized spacial score (nSPS) is 16.4. The minimum absolute atomic E-state index is 0.216. The van der Waals surface area contributed by atoms with Crippen LogP contribution in [0.3, 0.4) is 0 Å². The third-order valence-corrected chi connectivity index (χ3v) is 5.34. The summed E-state index contributed by atoms with van der Waals surface area (Å²) in [5.41, 5.74) is 7.99. The minimum Gasteiger partial charge on any atom is -0.366 e. The number of amides is 2. The minimum atomic E-state index is -0.446. The number of carbonyl (C=O) groups excluding carboxylic acids is 2. The molecule has 1 unspecified atom stereocenters. The molecule has 31 heavy (non-hydrogen) atoms. The van der Waals surface area contributed by atoms with Crippen molar-refractivity contribution < 1.29 is 9.59 Å². The molecule has 1 heterocycles. The van der Waals surface area contributed by atoms with Crippen molar-refractivity contribution >= 4 is 17.8 Å². The largest absolute Gasteiger partial charge is 0.366 e. The molecule has 1 fully saturated rings. The Morgan fingerprint density at radius 2 is 1.90 bits per heavy atom. The summed E-state index contributed by atoms with van der Waals surface area (Å²) in [6.07, 6.45) is 1.43. The van der Waals surface area contributed by atoms with E-state index >= 15 is 0 Å². The highest BCUT2D eigenvalue weighted by molar-refractivity contribution is 5.92. The molecule has 4 N–H and O–H groups in total. The van der Waals surface area contributed by atoms with Gasteiger partial charge in [0.1, 0.15) is 0 Å². The highest BCUT2D eigenvalue weighted by atomic mass is 16.2. The van der Waals surface area contributed by atoms with Gasteiger partial charge in [-0.05, 0) is 36.6 Å². The molecular weight excluding hydrogens is 390 g/mol. The first kappa shape index (κ1) is 22.3. The number of guanidine groups is 1. The Balaban J connectivity index is 1.50. The van der Waals surface area contributed by atoms with Crippen molar-refractivity contribution in [1.82, 2.24) is 15.5 Å². The summed E-state index contributed by atoms with van der Waals surface area (Å²) >= 11 is 0. The molecule has 0 bridgehead atoms. The second kappa shape index (κ2) is 11.2. The second-order valence-electron chi connectivity index (χ2n) is 7.79. The molecule has 0 aliphatic carbocycles. The lowest BCUT2D eigenvalue weighted by atomic mass is 10.1. The van der Waals surface area contributed by atoms with E-state index in [0.29, 0.717) is 31.0 Å². The molecule has 1 aliphatic heterocycles. The zero-order valence-corrected chi connectivity index (χ0v) is 18.0. The molecule has 1 saturated heterocycles. The van der Waals surface area contributed by atoms with Crippen LogP contribution in [0.5, 0.6) is 0 Å². The average Bonchev–Trinajstić information content (AvgIpc) is 3.14. The predicted octanol–water partition coefficient (Wildman–Crippen LogP) is 1.93. The standard InChI is InChI=1S/C24H31N5O2/c1-2-26-24(27-15-19-9-6-10-21(13-19)23(25)31)28-16-20-14-22(30)29(17-20)12-11-18-7-4-3-5-8-18/h3-10,13,20H,2,11-12,14-17H2,1H3,(H2,25,31)(H2,26,27,28). The van der Waals surface area contributed by atoms with Gasteiger partial charge in [0, 0.05) is 44.1 Å². The van der Waals surface area contributed by atoms with Crippen molar-refractivity contribution in [2.24, 2.45) is 16.6 Å². The van der Waals surface area contributed by atoms with Crippen LogP contribution in [0.2, 0.25) is 0 Å². The number of likely N-dealkylation sites (tertiary alicyclic amines) is 1. The fourth-order valence-electron chi connectivity index (χ4n) is 3.69. The number of aliphatic imine (C=N–C) groups is 1. The summed E-state index contributed by atoms with van der Waals surface area (Å²) in [5, 5.41) is 6.59. The fraction of sp³-hybridized carbons (Fsp3) is 0.375. The van der Waals surface area contributed by atoms with Crippen molar-refractivity contribution in [3.05, 3.63) is 71.3 Å². The lowest BCUT2D eigenvalue weighted by Gasteiger charge is -2.18. The summed E-state index contributed by atoms with van der Waals surface area (Å²) in [5.74, 6) is 0.721. The Morgan fingerprint density at radius 1 is 1.13 bits per heavy atom. The molecule has 1 atom stereocenters. The lowest BCUT2D eigenvalue weighted by molar-refractivity contribution is -0.127. The van der Waals surface area contributed by atoms with Crippen molar-refractivity contribution in [3.63, 3.8) is 0 Å². The van der Waals surface area contributed by atoms with E-state index in [9.17, 15) is 9.59 Å². The molecule has 3 rings (SSSR count). The molecule has 7 nitrogen and oxygen atoms in total. The summed E-state index contributed by atoms with van der Waals surface area (Å²) in [6.45, 7) is 5.38. The average molecular weight is 422 g/mol. The van der Waals surface area contributed by atoms with Gasteiger partial charge in [0.2, 0.25) is 11.8 Å². The van der Waals surface area contributed by atoms with Gasteiger partial charge < -0.3 is 21.3 Å². The first-order valence-electron chi connectivity index (χ1n) is 10.8. The number of primary amides is 1. The Morgan fingerprint density at radius 3 is 2.65 bits per heavy atom. The molecular formula is C24H31N5O2. The summed E-state index contributed by atoms with van der Waals surface area (Å²) in [6, 6.07) is 17.4. The molecule has 2 amide bonds. The molecule has 0 saturated carbocycles. The van der Waals surface area contributed by atoms with Crippen molar-refractivity contribution in [1.29, 1.82) is 0 Å². The van der Waals surface area contributed by atoms with E-state index in [4.69, 9.17) is 5.73 Å². The maximum atomic E-state index is 12.4. The van der Waals surface area contributed by atoms with E-state index in [1.807, 2.05) is 36.1 Å². The number of nitrogens with one attached hydrogen (secondary N) is 2. The van der Waals surface area contributed by atoms with Gasteiger partial charge in [-0.3, -0.25) is 9.59 Å². The molecule has 1 aliphatic rings. The van der Waals surface area contributed by atoms with Crippen LogP contribution >= 0.6 is 0 Å². The van der Waals surface area contributed by atoms with Gasteiger partial charge in [-0.1, -0.05) is 42.5 Å². The number of hydrogen-bond acceptors (Lipinski definition) is 3. The number of carbonyl (C=O) groups is 2. The zero-order valence-electron chi connectivity index (χ0n) is 18.0. The zero-order chi connectivity index (χ0) is 22.1. The van der Waals surface area contributed by atoms with E-state index in [1.165, 1.54) is 5.56 Å². The summed E-state index contributed by atoms with van der Waals surface area (Å²) in [7, 11) is 0. The highest BCUT2D eigenvalue weighted by Crippen LogP contribution is 2.17. The fourth-order valence-corrected chi connectivity index (χ4v) is 3.69. The maximum absolute atomic E-state index is 12.4. The van der Waals surface area contributed by atoms with Gasteiger partial charge in [-0.2, -0.15) is 0 Å². The Bertz CT molecular complexity index is 913. The highest BCUT2D eigenvalue weighted by Gasteiger charge is 2.29. The SMILES string of the molecule is CCNC(=NCc1cccc(C(N)=O)c1)NCC1CC(=O)N(CCc2ccccc2)C1. The quantitative estimate of drug-likeness (QED) is 0.425. The second-order valence-corrected chi connectivity index (χ2v) is 7.79. The topological polar surface area (TPSA) is 99.8 Å². The van der Waals surface area contributed by atoms with Crippen LogP contribution in [0.25, 0.3) is 0 Å². The summed E-state index contributed by atoms with van der Waals surface area (Å²) in [4.78, 5) is 30.3. The third-order valence-electron chi connectivity index (χ3n) is 5.34. The molecule has 164 valence electrons. The number of nitrogens with zero attached hydrogens (tertiary/aromatic N) is 2.